The van der Waals surface area contributed by atoms with Crippen LogP contribution in [0.3, 0.4) is 0 Å². The Morgan fingerprint density at radius 3 is 2.21 bits per heavy atom. The third-order valence-corrected chi connectivity index (χ3v) is 4.52. The number of aliphatic hydroxyl groups excluding tert-OH is 1. The molecule has 0 radical (unpaired) electrons. The summed E-state index contributed by atoms with van der Waals surface area (Å²) in [5.41, 5.74) is 3.76. The van der Waals surface area contributed by atoms with Gasteiger partial charge in [0.15, 0.2) is 0 Å². The molecule has 5 nitrogen and oxygen atoms in total. The zero-order valence-electron chi connectivity index (χ0n) is 13.4. The number of aryl methyl sites for hydroxylation is 2. The molecule has 6 heteroatoms. The Bertz CT molecular complexity index is 886. The molecule has 0 aliphatic heterocycles. The quantitative estimate of drug-likeness (QED) is 0.631. The molecule has 0 unspecified atom stereocenters. The highest BCUT2D eigenvalue weighted by Crippen LogP contribution is 2.22. The number of nitrogens with one attached hydrogen (secondary N) is 1. The summed E-state index contributed by atoms with van der Waals surface area (Å²) in [7, 11) is -4.00. The molecule has 24 heavy (non-hydrogen) atoms. The SMILES string of the molecule is Cc1[nH]c2ccccc2c1CCCO.O=S(=O)(O)c1ccccc1. The number of hydrogen-bond acceptors (Lipinski definition) is 3. The van der Waals surface area contributed by atoms with E-state index in [9.17, 15) is 8.42 Å². The fourth-order valence-electron chi connectivity index (χ4n) is 2.51. The summed E-state index contributed by atoms with van der Waals surface area (Å²) in [4.78, 5) is 3.28. The van der Waals surface area contributed by atoms with Gasteiger partial charge in [-0.05, 0) is 43.5 Å². The molecule has 1 aromatic heterocycles. The first kappa shape index (κ1) is 18.2. The fraction of sp³-hybridized carbons (Fsp3) is 0.222. The van der Waals surface area contributed by atoms with Gasteiger partial charge in [0.1, 0.15) is 0 Å². The van der Waals surface area contributed by atoms with Crippen molar-refractivity contribution >= 4 is 21.0 Å². The van der Waals surface area contributed by atoms with Gasteiger partial charge in [-0.15, -0.1) is 0 Å². The molecular formula is C18H21NO4S. The van der Waals surface area contributed by atoms with Crippen molar-refractivity contribution < 1.29 is 18.1 Å². The lowest BCUT2D eigenvalue weighted by molar-refractivity contribution is 0.288. The van der Waals surface area contributed by atoms with E-state index in [4.69, 9.17) is 9.66 Å². The van der Waals surface area contributed by atoms with E-state index in [1.807, 2.05) is 6.07 Å². The Hall–Kier alpha value is -2.15. The average Bonchev–Trinajstić information content (AvgIpc) is 2.89. The summed E-state index contributed by atoms with van der Waals surface area (Å²) in [5.74, 6) is 0. The van der Waals surface area contributed by atoms with E-state index in [2.05, 4.69) is 30.1 Å². The maximum absolute atomic E-state index is 10.4. The lowest BCUT2D eigenvalue weighted by Crippen LogP contribution is -1.96. The van der Waals surface area contributed by atoms with Gasteiger partial charge >= 0.3 is 0 Å². The van der Waals surface area contributed by atoms with Gasteiger partial charge in [0.25, 0.3) is 10.1 Å². The van der Waals surface area contributed by atoms with Gasteiger partial charge in [0.2, 0.25) is 0 Å². The van der Waals surface area contributed by atoms with Crippen LogP contribution in [0, 0.1) is 6.92 Å². The van der Waals surface area contributed by atoms with Gasteiger partial charge in [0, 0.05) is 23.2 Å². The molecule has 0 saturated carbocycles. The normalized spacial score (nSPS) is 11.1. The number of H-pyrrole nitrogens is 1. The van der Waals surface area contributed by atoms with Crippen LogP contribution in [0.25, 0.3) is 10.9 Å². The standard InChI is InChI=1S/C12H15NO.C6H6O3S/c1-9-10(6-4-8-14)11-5-2-3-7-12(11)13-9;7-10(8,9)6-4-2-1-3-5-6/h2-3,5,7,13-14H,4,6,8H2,1H3;1-5H,(H,7,8,9). The molecule has 0 aliphatic carbocycles. The molecule has 3 aromatic rings. The Balaban J connectivity index is 0.000000185. The van der Waals surface area contributed by atoms with Crippen molar-refractivity contribution in [3.8, 4) is 0 Å². The number of benzene rings is 2. The predicted octanol–water partition coefficient (Wildman–Crippen LogP) is 3.33. The van der Waals surface area contributed by atoms with Crippen LogP contribution in [0.15, 0.2) is 59.5 Å². The molecule has 1 heterocycles. The van der Waals surface area contributed by atoms with E-state index in [1.165, 1.54) is 34.3 Å². The molecule has 0 saturated heterocycles. The number of aromatic amines is 1. The van der Waals surface area contributed by atoms with E-state index < -0.39 is 10.1 Å². The van der Waals surface area contributed by atoms with Crippen molar-refractivity contribution in [3.63, 3.8) is 0 Å². The van der Waals surface area contributed by atoms with Crippen molar-refractivity contribution in [3.05, 3.63) is 65.9 Å². The third kappa shape index (κ3) is 4.67. The highest BCUT2D eigenvalue weighted by Gasteiger charge is 2.06. The Labute approximate surface area is 141 Å². The minimum atomic E-state index is -4.00. The van der Waals surface area contributed by atoms with Crippen LogP contribution in [-0.4, -0.2) is 29.7 Å². The van der Waals surface area contributed by atoms with Gasteiger partial charge in [-0.25, -0.2) is 0 Å². The molecule has 0 atom stereocenters. The summed E-state index contributed by atoms with van der Waals surface area (Å²) in [6, 6.07) is 15.7. The van der Waals surface area contributed by atoms with Crippen LogP contribution in [-0.2, 0) is 16.5 Å². The van der Waals surface area contributed by atoms with Gasteiger partial charge in [-0.1, -0.05) is 36.4 Å². The van der Waals surface area contributed by atoms with Crippen molar-refractivity contribution in [2.75, 3.05) is 6.61 Å². The average molecular weight is 347 g/mol. The van der Waals surface area contributed by atoms with Crippen LogP contribution in [0.5, 0.6) is 0 Å². The second-order valence-corrected chi connectivity index (χ2v) is 6.81. The van der Waals surface area contributed by atoms with E-state index in [1.54, 1.807) is 18.2 Å². The van der Waals surface area contributed by atoms with Crippen molar-refractivity contribution in [2.24, 2.45) is 0 Å². The molecule has 0 spiro atoms. The monoisotopic (exact) mass is 347 g/mol. The number of hydrogen-bond donors (Lipinski definition) is 3. The smallest absolute Gasteiger partial charge is 0.294 e. The zero-order valence-corrected chi connectivity index (χ0v) is 14.3. The van der Waals surface area contributed by atoms with Crippen molar-refractivity contribution in [2.45, 2.75) is 24.7 Å². The number of para-hydroxylation sites is 1. The molecule has 2 aromatic carbocycles. The minimum absolute atomic E-state index is 0.0741. The Kier molecular flexibility index (Phi) is 6.14. The van der Waals surface area contributed by atoms with Crippen LogP contribution >= 0.6 is 0 Å². The maximum Gasteiger partial charge on any atom is 0.294 e. The lowest BCUT2D eigenvalue weighted by atomic mass is 10.1. The van der Waals surface area contributed by atoms with Crippen molar-refractivity contribution in [1.82, 2.24) is 4.98 Å². The van der Waals surface area contributed by atoms with Gasteiger partial charge in [-0.2, -0.15) is 8.42 Å². The highest BCUT2D eigenvalue weighted by atomic mass is 32.2. The third-order valence-electron chi connectivity index (χ3n) is 3.65. The topological polar surface area (TPSA) is 90.4 Å². The van der Waals surface area contributed by atoms with Gasteiger partial charge in [0.05, 0.1) is 4.90 Å². The van der Waals surface area contributed by atoms with Gasteiger partial charge < -0.3 is 10.1 Å². The number of fused-ring (bicyclic) bond motifs is 1. The van der Waals surface area contributed by atoms with Crippen LogP contribution < -0.4 is 0 Å². The number of aromatic nitrogens is 1. The number of aliphatic hydroxyl groups is 1. The van der Waals surface area contributed by atoms with E-state index >= 15 is 0 Å². The summed E-state index contributed by atoms with van der Waals surface area (Å²) in [5, 5.41) is 10.1. The minimum Gasteiger partial charge on any atom is -0.396 e. The van der Waals surface area contributed by atoms with Crippen LogP contribution in [0.2, 0.25) is 0 Å². The first-order chi connectivity index (χ1) is 11.4. The van der Waals surface area contributed by atoms with Crippen LogP contribution in [0.1, 0.15) is 17.7 Å². The molecular weight excluding hydrogens is 326 g/mol. The van der Waals surface area contributed by atoms with Gasteiger partial charge in [-0.3, -0.25) is 4.55 Å². The summed E-state index contributed by atoms with van der Waals surface area (Å²) in [6.07, 6.45) is 1.79. The molecule has 0 amide bonds. The second-order valence-electron chi connectivity index (χ2n) is 5.39. The molecule has 0 bridgehead atoms. The lowest BCUT2D eigenvalue weighted by Gasteiger charge is -1.98. The predicted molar refractivity (Wildman–Crippen MR) is 94.7 cm³/mol. The van der Waals surface area contributed by atoms with Crippen molar-refractivity contribution in [1.29, 1.82) is 0 Å². The molecule has 128 valence electrons. The number of rotatable bonds is 4. The fourth-order valence-corrected chi connectivity index (χ4v) is 3.01. The van der Waals surface area contributed by atoms with Crippen LogP contribution in [0.4, 0.5) is 0 Å². The summed E-state index contributed by atoms with van der Waals surface area (Å²) >= 11 is 0. The Morgan fingerprint density at radius 2 is 1.62 bits per heavy atom. The van der Waals surface area contributed by atoms with E-state index in [0.29, 0.717) is 0 Å². The first-order valence-electron chi connectivity index (χ1n) is 7.63. The highest BCUT2D eigenvalue weighted by molar-refractivity contribution is 7.85. The molecule has 0 aliphatic rings. The Morgan fingerprint density at radius 1 is 1.00 bits per heavy atom. The first-order valence-corrected chi connectivity index (χ1v) is 9.07. The summed E-state index contributed by atoms with van der Waals surface area (Å²) < 4.78 is 29.2. The van der Waals surface area contributed by atoms with E-state index in [-0.39, 0.29) is 11.5 Å². The molecule has 0 fully saturated rings. The second kappa shape index (κ2) is 8.10. The largest absolute Gasteiger partial charge is 0.396 e. The maximum atomic E-state index is 10.4. The van der Waals surface area contributed by atoms with E-state index in [0.717, 1.165) is 12.8 Å². The molecule has 3 N–H and O–H groups in total. The summed E-state index contributed by atoms with van der Waals surface area (Å²) in [6.45, 7) is 2.35. The zero-order chi connectivity index (χ0) is 17.6. The molecule has 3 rings (SSSR count).